The molecule has 1 atom stereocenters. The number of nitrogens with zero attached hydrogens (tertiary/aromatic N) is 2. The van der Waals surface area contributed by atoms with Gasteiger partial charge >= 0.3 is 0 Å². The van der Waals surface area contributed by atoms with Crippen molar-refractivity contribution in [3.8, 4) is 0 Å². The van der Waals surface area contributed by atoms with E-state index in [0.29, 0.717) is 10.6 Å². The van der Waals surface area contributed by atoms with Crippen molar-refractivity contribution < 1.29 is 13.8 Å². The van der Waals surface area contributed by atoms with Crippen LogP contribution in [0.2, 0.25) is 0 Å². The first-order chi connectivity index (χ1) is 7.79. The number of hydrogen-bond donors (Lipinski definition) is 0. The molecule has 1 rings (SSSR count). The van der Waals surface area contributed by atoms with Crippen molar-refractivity contribution in [2.45, 2.75) is 4.90 Å². The molecule has 1 aromatic carbocycles. The molecule has 0 amide bonds. The van der Waals surface area contributed by atoms with Crippen molar-refractivity contribution >= 4 is 28.6 Å². The normalized spacial score (nSPS) is 11.0. The van der Waals surface area contributed by atoms with E-state index in [1.54, 1.807) is 24.3 Å². The first-order valence-electron chi connectivity index (χ1n) is 4.38. The monoisotopic (exact) mass is 236 g/mol. The number of aliphatic imine (C=N–C) groups is 2. The Bertz CT molecular complexity index is 489. The van der Waals surface area contributed by atoms with E-state index in [1.807, 2.05) is 0 Å². The molecule has 0 saturated heterocycles. The van der Waals surface area contributed by atoms with Crippen molar-refractivity contribution in [2.75, 3.05) is 12.3 Å². The molecule has 0 fully saturated rings. The minimum atomic E-state index is -1.34. The fourth-order valence-corrected chi connectivity index (χ4v) is 2.13. The number of para-hydroxylation sites is 1. The highest BCUT2D eigenvalue weighted by Crippen LogP contribution is 2.21. The summed E-state index contributed by atoms with van der Waals surface area (Å²) in [6.07, 6.45) is 2.77. The summed E-state index contributed by atoms with van der Waals surface area (Å²) < 4.78 is 11.7. The van der Waals surface area contributed by atoms with Crippen molar-refractivity contribution in [3.05, 3.63) is 24.3 Å². The third-order valence-electron chi connectivity index (χ3n) is 1.73. The van der Waals surface area contributed by atoms with E-state index >= 15 is 0 Å². The Hall–Kier alpha value is -1.87. The summed E-state index contributed by atoms with van der Waals surface area (Å²) in [4.78, 5) is 27.2. The Morgan fingerprint density at radius 1 is 1.19 bits per heavy atom. The van der Waals surface area contributed by atoms with Gasteiger partial charge in [-0.1, -0.05) is 12.1 Å². The van der Waals surface area contributed by atoms with Crippen LogP contribution in [0.15, 0.2) is 39.1 Å². The topological polar surface area (TPSA) is 75.9 Å². The molecule has 82 valence electrons. The minimum Gasteiger partial charge on any atom is -0.254 e. The quantitative estimate of drug-likeness (QED) is 0.567. The molecule has 0 aliphatic heterocycles. The molecular formula is C10H8N2O3S. The Morgan fingerprint density at radius 3 is 2.62 bits per heavy atom. The summed E-state index contributed by atoms with van der Waals surface area (Å²) >= 11 is 0. The van der Waals surface area contributed by atoms with Crippen LogP contribution in [0, 0.1) is 0 Å². The number of hydrogen-bond acceptors (Lipinski definition) is 5. The van der Waals surface area contributed by atoms with Crippen LogP contribution in [0.4, 0.5) is 5.69 Å². The van der Waals surface area contributed by atoms with Crippen molar-refractivity contribution in [2.24, 2.45) is 9.98 Å². The highest BCUT2D eigenvalue weighted by Gasteiger charge is 2.08. The summed E-state index contributed by atoms with van der Waals surface area (Å²) in [6.45, 7) is 0.134. The molecule has 0 saturated carbocycles. The molecule has 5 nitrogen and oxygen atoms in total. The van der Waals surface area contributed by atoms with E-state index in [1.165, 1.54) is 12.2 Å². The van der Waals surface area contributed by atoms with E-state index in [2.05, 4.69) is 9.98 Å². The number of rotatable bonds is 5. The van der Waals surface area contributed by atoms with E-state index in [0.717, 1.165) is 0 Å². The Morgan fingerprint density at radius 2 is 1.94 bits per heavy atom. The van der Waals surface area contributed by atoms with E-state index in [-0.39, 0.29) is 12.3 Å². The molecule has 1 aromatic rings. The summed E-state index contributed by atoms with van der Waals surface area (Å²) in [5.41, 5.74) is 0.325. The molecule has 0 radical (unpaired) electrons. The van der Waals surface area contributed by atoms with Gasteiger partial charge in [0.1, 0.15) is 0 Å². The molecule has 0 aromatic heterocycles. The van der Waals surface area contributed by atoms with Gasteiger partial charge in [0.2, 0.25) is 12.2 Å². The van der Waals surface area contributed by atoms with Crippen LogP contribution in [-0.2, 0) is 20.4 Å². The van der Waals surface area contributed by atoms with Gasteiger partial charge in [-0.05, 0) is 12.1 Å². The number of carbonyl (C=O) groups excluding carboxylic acids is 2. The Kier molecular flexibility index (Phi) is 5.02. The second kappa shape index (κ2) is 6.58. The van der Waals surface area contributed by atoms with E-state index in [4.69, 9.17) is 0 Å². The highest BCUT2D eigenvalue weighted by molar-refractivity contribution is 7.85. The van der Waals surface area contributed by atoms with Crippen molar-refractivity contribution in [3.63, 3.8) is 0 Å². The lowest BCUT2D eigenvalue weighted by Crippen LogP contribution is -2.01. The molecule has 0 bridgehead atoms. The maximum atomic E-state index is 11.7. The standard InChI is InChI=1S/C10H8N2O3S/c13-7-11-5-6-16(15)10-4-2-1-3-9(10)12-8-14/h1-4H,5-6H2. The predicted molar refractivity (Wildman–Crippen MR) is 58.5 cm³/mol. The average Bonchev–Trinajstić information content (AvgIpc) is 2.30. The van der Waals surface area contributed by atoms with Gasteiger partial charge in [0.15, 0.2) is 0 Å². The second-order valence-electron chi connectivity index (χ2n) is 2.69. The highest BCUT2D eigenvalue weighted by atomic mass is 32.2. The summed E-state index contributed by atoms with van der Waals surface area (Å²) in [7, 11) is -1.34. The largest absolute Gasteiger partial charge is 0.254 e. The average molecular weight is 236 g/mol. The fraction of sp³-hybridized carbons (Fsp3) is 0.200. The molecule has 0 aliphatic rings. The zero-order valence-electron chi connectivity index (χ0n) is 8.25. The van der Waals surface area contributed by atoms with Crippen molar-refractivity contribution in [1.82, 2.24) is 0 Å². The maximum Gasteiger partial charge on any atom is 0.240 e. The van der Waals surface area contributed by atoms with Crippen LogP contribution < -0.4 is 0 Å². The molecule has 0 N–H and O–H groups in total. The third-order valence-corrected chi connectivity index (χ3v) is 3.12. The lowest BCUT2D eigenvalue weighted by Gasteiger charge is -2.02. The summed E-state index contributed by atoms with van der Waals surface area (Å²) in [5, 5.41) is 0. The predicted octanol–water partition coefficient (Wildman–Crippen LogP) is 1.10. The van der Waals surface area contributed by atoms with Gasteiger partial charge in [-0.15, -0.1) is 0 Å². The minimum absolute atomic E-state index is 0.134. The smallest absolute Gasteiger partial charge is 0.240 e. The molecular weight excluding hydrogens is 228 g/mol. The van der Waals surface area contributed by atoms with Crippen LogP contribution in [0.1, 0.15) is 0 Å². The van der Waals surface area contributed by atoms with Gasteiger partial charge < -0.3 is 0 Å². The molecule has 0 aliphatic carbocycles. The number of isocyanates is 2. The zero-order chi connectivity index (χ0) is 11.8. The first kappa shape index (κ1) is 12.2. The van der Waals surface area contributed by atoms with E-state index < -0.39 is 10.8 Å². The van der Waals surface area contributed by atoms with Gasteiger partial charge in [-0.2, -0.15) is 4.99 Å². The summed E-state index contributed by atoms with van der Waals surface area (Å²) in [5.74, 6) is 0.195. The lowest BCUT2D eigenvalue weighted by molar-refractivity contribution is 0.563. The SMILES string of the molecule is O=C=NCCS(=O)c1ccccc1N=C=O. The van der Waals surface area contributed by atoms with Crippen molar-refractivity contribution in [1.29, 1.82) is 0 Å². The molecule has 6 heteroatoms. The van der Waals surface area contributed by atoms with Crippen LogP contribution in [0.5, 0.6) is 0 Å². The maximum absolute atomic E-state index is 11.7. The fourth-order valence-electron chi connectivity index (χ4n) is 1.08. The third kappa shape index (κ3) is 3.37. The molecule has 0 heterocycles. The van der Waals surface area contributed by atoms with Crippen LogP contribution >= 0.6 is 0 Å². The van der Waals surface area contributed by atoms with Gasteiger partial charge in [0.25, 0.3) is 0 Å². The van der Waals surface area contributed by atoms with Gasteiger partial charge in [0.05, 0.1) is 27.9 Å². The van der Waals surface area contributed by atoms with Crippen LogP contribution in [0.3, 0.4) is 0 Å². The first-order valence-corrected chi connectivity index (χ1v) is 5.70. The molecule has 16 heavy (non-hydrogen) atoms. The van der Waals surface area contributed by atoms with Crippen LogP contribution in [0.25, 0.3) is 0 Å². The second-order valence-corrected chi connectivity index (χ2v) is 4.23. The Balaban J connectivity index is 2.89. The summed E-state index contributed by atoms with van der Waals surface area (Å²) in [6, 6.07) is 6.55. The lowest BCUT2D eigenvalue weighted by atomic mass is 10.3. The number of benzene rings is 1. The van der Waals surface area contributed by atoms with Gasteiger partial charge in [-0.3, -0.25) is 4.21 Å². The van der Waals surface area contributed by atoms with Crippen LogP contribution in [-0.4, -0.2) is 28.7 Å². The molecule has 0 spiro atoms. The van der Waals surface area contributed by atoms with E-state index in [9.17, 15) is 13.8 Å². The van der Waals surface area contributed by atoms with Gasteiger partial charge in [-0.25, -0.2) is 14.6 Å². The van der Waals surface area contributed by atoms with Gasteiger partial charge in [0, 0.05) is 5.75 Å². The zero-order valence-corrected chi connectivity index (χ0v) is 9.07. The molecule has 1 unspecified atom stereocenters. The Labute approximate surface area is 94.4 Å².